The molecule has 17 heavy (non-hydrogen) atoms. The molecule has 0 radical (unpaired) electrons. The minimum Gasteiger partial charge on any atom is -0.360 e. The van der Waals surface area contributed by atoms with Crippen LogP contribution in [0.15, 0.2) is 18.2 Å². The summed E-state index contributed by atoms with van der Waals surface area (Å²) in [6.07, 6.45) is 0. The molecule has 0 aliphatic rings. The van der Waals surface area contributed by atoms with Crippen LogP contribution in [0.1, 0.15) is 24.2 Å². The second-order valence-corrected chi connectivity index (χ2v) is 5.02. The quantitative estimate of drug-likeness (QED) is 0.823. The van der Waals surface area contributed by atoms with Crippen LogP contribution in [0.5, 0.6) is 0 Å². The maximum atomic E-state index is 11.8. The third-order valence-corrected chi connectivity index (χ3v) is 2.43. The van der Waals surface area contributed by atoms with Gasteiger partial charge in [-0.3, -0.25) is 10.1 Å². The van der Waals surface area contributed by atoms with Gasteiger partial charge in [-0.15, -0.1) is 0 Å². The Hall–Kier alpha value is -0.840. The lowest BCUT2D eigenvalue weighted by atomic mass is 10.2. The molecule has 1 amide bonds. The van der Waals surface area contributed by atoms with Crippen LogP contribution < -0.4 is 10.6 Å². The molecule has 2 N–H and O–H groups in total. The number of amides is 1. The van der Waals surface area contributed by atoms with Gasteiger partial charge in [-0.05, 0) is 44.3 Å². The van der Waals surface area contributed by atoms with Crippen LogP contribution in [0.25, 0.3) is 0 Å². The van der Waals surface area contributed by atoms with Crippen molar-refractivity contribution in [3.05, 3.63) is 33.8 Å². The monoisotopic (exact) mass is 290 g/mol. The highest BCUT2D eigenvalue weighted by molar-refractivity contribution is 7.80. The number of hydrogen-bond donors (Lipinski definition) is 2. The van der Waals surface area contributed by atoms with E-state index in [1.807, 2.05) is 13.8 Å². The minimum atomic E-state index is -0.340. The minimum absolute atomic E-state index is 0.158. The fraction of sp³-hybridized carbons (Fsp3) is 0.273. The van der Waals surface area contributed by atoms with Crippen LogP contribution in [0.4, 0.5) is 0 Å². The summed E-state index contributed by atoms with van der Waals surface area (Å²) >= 11 is 16.6. The lowest BCUT2D eigenvalue weighted by Crippen LogP contribution is -2.42. The van der Waals surface area contributed by atoms with Crippen molar-refractivity contribution in [2.24, 2.45) is 0 Å². The highest BCUT2D eigenvalue weighted by Crippen LogP contribution is 2.18. The van der Waals surface area contributed by atoms with Crippen molar-refractivity contribution in [2.75, 3.05) is 0 Å². The van der Waals surface area contributed by atoms with Gasteiger partial charge in [-0.1, -0.05) is 23.2 Å². The Balaban J connectivity index is 2.73. The molecule has 0 spiro atoms. The lowest BCUT2D eigenvalue weighted by Gasteiger charge is -2.12. The average Bonchev–Trinajstić information content (AvgIpc) is 2.14. The Morgan fingerprint density at radius 1 is 1.24 bits per heavy atom. The predicted molar refractivity (Wildman–Crippen MR) is 74.8 cm³/mol. The summed E-state index contributed by atoms with van der Waals surface area (Å²) in [5, 5.41) is 6.55. The van der Waals surface area contributed by atoms with E-state index in [-0.39, 0.29) is 17.1 Å². The molecule has 0 aliphatic heterocycles. The Morgan fingerprint density at radius 3 is 2.24 bits per heavy atom. The lowest BCUT2D eigenvalue weighted by molar-refractivity contribution is 0.0976. The molecular weight excluding hydrogens is 279 g/mol. The molecule has 0 atom stereocenters. The Kier molecular flexibility index (Phi) is 5.18. The number of thiocarbonyl (C=S) groups is 1. The largest absolute Gasteiger partial charge is 0.360 e. The second-order valence-electron chi connectivity index (χ2n) is 3.74. The molecule has 6 heteroatoms. The van der Waals surface area contributed by atoms with Crippen molar-refractivity contribution in [3.8, 4) is 0 Å². The molecule has 0 unspecified atom stereocenters. The molecule has 0 aliphatic carbocycles. The van der Waals surface area contributed by atoms with Crippen LogP contribution in [-0.4, -0.2) is 17.1 Å². The molecule has 0 saturated heterocycles. The number of carbonyl (C=O) groups is 1. The molecule has 1 rings (SSSR count). The van der Waals surface area contributed by atoms with E-state index in [4.69, 9.17) is 35.4 Å². The fourth-order valence-electron chi connectivity index (χ4n) is 1.16. The number of benzene rings is 1. The highest BCUT2D eigenvalue weighted by atomic mass is 35.5. The van der Waals surface area contributed by atoms with Crippen LogP contribution in [0.3, 0.4) is 0 Å². The standard InChI is InChI=1S/C11H12Cl2N2OS/c1-6(2)14-11(17)15-10(16)7-3-8(12)5-9(13)4-7/h3-6H,1-2H3,(H2,14,15,16,17). The first-order valence-corrected chi connectivity index (χ1v) is 6.13. The van der Waals surface area contributed by atoms with Crippen molar-refractivity contribution < 1.29 is 4.79 Å². The summed E-state index contributed by atoms with van der Waals surface area (Å²) in [6.45, 7) is 3.85. The molecule has 0 heterocycles. The van der Waals surface area contributed by atoms with Gasteiger partial charge in [-0.25, -0.2) is 0 Å². The normalized spacial score (nSPS) is 10.2. The highest BCUT2D eigenvalue weighted by Gasteiger charge is 2.10. The summed E-state index contributed by atoms with van der Waals surface area (Å²) in [5.74, 6) is -0.340. The molecule has 0 saturated carbocycles. The van der Waals surface area contributed by atoms with Crippen LogP contribution in [-0.2, 0) is 0 Å². The van der Waals surface area contributed by atoms with E-state index in [0.29, 0.717) is 15.6 Å². The van der Waals surface area contributed by atoms with Crippen molar-refractivity contribution in [1.29, 1.82) is 0 Å². The molecule has 92 valence electrons. The fourth-order valence-corrected chi connectivity index (χ4v) is 2.01. The third-order valence-electron chi connectivity index (χ3n) is 1.77. The number of halogens is 2. The third kappa shape index (κ3) is 4.89. The predicted octanol–water partition coefficient (Wildman–Crippen LogP) is 3.01. The van der Waals surface area contributed by atoms with Crippen molar-refractivity contribution in [2.45, 2.75) is 19.9 Å². The van der Waals surface area contributed by atoms with Crippen molar-refractivity contribution >= 4 is 46.4 Å². The number of hydrogen-bond acceptors (Lipinski definition) is 2. The first-order valence-electron chi connectivity index (χ1n) is 4.96. The second kappa shape index (κ2) is 6.19. The van der Waals surface area contributed by atoms with Gasteiger partial charge in [0.15, 0.2) is 5.11 Å². The van der Waals surface area contributed by atoms with Crippen LogP contribution >= 0.6 is 35.4 Å². The van der Waals surface area contributed by atoms with E-state index in [1.165, 1.54) is 12.1 Å². The van der Waals surface area contributed by atoms with E-state index < -0.39 is 0 Å². The molecular formula is C11H12Cl2N2OS. The summed E-state index contributed by atoms with van der Waals surface area (Å²) in [4.78, 5) is 11.8. The molecule has 3 nitrogen and oxygen atoms in total. The maximum absolute atomic E-state index is 11.8. The van der Waals surface area contributed by atoms with Crippen LogP contribution in [0, 0.1) is 0 Å². The van der Waals surface area contributed by atoms with Gasteiger partial charge in [0.25, 0.3) is 5.91 Å². The van der Waals surface area contributed by atoms with Crippen LogP contribution in [0.2, 0.25) is 10.0 Å². The van der Waals surface area contributed by atoms with Gasteiger partial charge >= 0.3 is 0 Å². The molecule has 0 aromatic heterocycles. The van der Waals surface area contributed by atoms with E-state index in [9.17, 15) is 4.79 Å². The van der Waals surface area contributed by atoms with E-state index in [2.05, 4.69) is 10.6 Å². The molecule has 0 bridgehead atoms. The average molecular weight is 291 g/mol. The first kappa shape index (κ1) is 14.2. The number of rotatable bonds is 2. The van der Waals surface area contributed by atoms with E-state index >= 15 is 0 Å². The van der Waals surface area contributed by atoms with Gasteiger partial charge in [0.05, 0.1) is 0 Å². The Bertz CT molecular complexity index is 429. The molecule has 1 aromatic carbocycles. The van der Waals surface area contributed by atoms with Gasteiger partial charge in [0.1, 0.15) is 0 Å². The smallest absolute Gasteiger partial charge is 0.257 e. The topological polar surface area (TPSA) is 41.1 Å². The van der Waals surface area contributed by atoms with E-state index in [0.717, 1.165) is 0 Å². The Labute approximate surface area is 115 Å². The van der Waals surface area contributed by atoms with Gasteiger partial charge in [0, 0.05) is 21.7 Å². The Morgan fingerprint density at radius 2 is 1.76 bits per heavy atom. The van der Waals surface area contributed by atoms with Gasteiger partial charge < -0.3 is 5.32 Å². The summed E-state index contributed by atoms with van der Waals surface area (Å²) in [7, 11) is 0. The summed E-state index contributed by atoms with van der Waals surface area (Å²) in [5.41, 5.74) is 0.371. The maximum Gasteiger partial charge on any atom is 0.257 e. The number of carbonyl (C=O) groups excluding carboxylic acids is 1. The molecule has 1 aromatic rings. The zero-order chi connectivity index (χ0) is 13.0. The van der Waals surface area contributed by atoms with E-state index in [1.54, 1.807) is 6.07 Å². The SMILES string of the molecule is CC(C)NC(=S)NC(=O)c1cc(Cl)cc(Cl)c1. The van der Waals surface area contributed by atoms with Crippen molar-refractivity contribution in [1.82, 2.24) is 10.6 Å². The van der Waals surface area contributed by atoms with Crippen molar-refractivity contribution in [3.63, 3.8) is 0 Å². The zero-order valence-electron chi connectivity index (χ0n) is 9.38. The summed E-state index contributed by atoms with van der Waals surface area (Å²) in [6, 6.07) is 4.78. The molecule has 0 fully saturated rings. The zero-order valence-corrected chi connectivity index (χ0v) is 11.7. The summed E-state index contributed by atoms with van der Waals surface area (Å²) < 4.78 is 0. The van der Waals surface area contributed by atoms with Gasteiger partial charge in [0.2, 0.25) is 0 Å². The number of nitrogens with one attached hydrogen (secondary N) is 2. The van der Waals surface area contributed by atoms with Gasteiger partial charge in [-0.2, -0.15) is 0 Å². The first-order chi connectivity index (χ1) is 7.88.